The van der Waals surface area contributed by atoms with E-state index in [-0.39, 0.29) is 16.8 Å². The zero-order valence-electron chi connectivity index (χ0n) is 11.9. The van der Waals surface area contributed by atoms with Crippen LogP contribution in [0.1, 0.15) is 47.5 Å². The number of rotatable bonds is 4. The number of hydrogen-bond acceptors (Lipinski definition) is 4. The lowest BCUT2D eigenvalue weighted by molar-refractivity contribution is -0.149. The van der Waals surface area contributed by atoms with Crippen molar-refractivity contribution in [3.8, 4) is 0 Å². The summed E-state index contributed by atoms with van der Waals surface area (Å²) >= 11 is 1.42. The van der Waals surface area contributed by atoms with Crippen molar-refractivity contribution in [3.05, 3.63) is 12.2 Å². The summed E-state index contributed by atoms with van der Waals surface area (Å²) in [6.45, 7) is 9.92. The Kier molecular flexibility index (Phi) is 4.90. The topological polar surface area (TPSA) is 46.5 Å². The van der Waals surface area contributed by atoms with Gasteiger partial charge in [-0.25, -0.2) is 0 Å². The van der Waals surface area contributed by atoms with Crippen LogP contribution in [-0.4, -0.2) is 27.4 Å². The average molecular weight is 272 g/mol. The van der Waals surface area contributed by atoms with E-state index in [1.54, 1.807) is 13.0 Å². The van der Waals surface area contributed by atoms with Crippen LogP contribution in [0.3, 0.4) is 0 Å². The van der Waals surface area contributed by atoms with Gasteiger partial charge < -0.3 is 9.84 Å². The van der Waals surface area contributed by atoms with Crippen LogP contribution >= 0.6 is 11.8 Å². The molecule has 1 aliphatic rings. The van der Waals surface area contributed by atoms with E-state index in [9.17, 15) is 9.90 Å². The molecule has 0 amide bonds. The van der Waals surface area contributed by atoms with Gasteiger partial charge in [-0.2, -0.15) is 0 Å². The van der Waals surface area contributed by atoms with E-state index >= 15 is 0 Å². The second-order valence-electron chi connectivity index (χ2n) is 5.99. The molecule has 1 heterocycles. The summed E-state index contributed by atoms with van der Waals surface area (Å²) in [4.78, 5) is 12.0. The number of aliphatic hydroxyl groups is 1. The monoisotopic (exact) mass is 272 g/mol. The lowest BCUT2D eigenvalue weighted by Gasteiger charge is -2.26. The van der Waals surface area contributed by atoms with Gasteiger partial charge in [-0.3, -0.25) is 4.79 Å². The molecule has 0 aromatic carbocycles. The molecule has 1 unspecified atom stereocenters. The Labute approximate surface area is 114 Å². The fraction of sp³-hybridized carbons (Fsp3) is 0.786. The molecule has 0 saturated carbocycles. The summed E-state index contributed by atoms with van der Waals surface area (Å²) in [6, 6.07) is 0. The van der Waals surface area contributed by atoms with Crippen LogP contribution < -0.4 is 0 Å². The van der Waals surface area contributed by atoms with Crippen molar-refractivity contribution in [3.63, 3.8) is 0 Å². The highest BCUT2D eigenvalue weighted by molar-refractivity contribution is 8.02. The molecular formula is C14H24O3S. The number of unbranched alkanes of at least 4 members (excludes halogenated alkanes) is 1. The minimum atomic E-state index is -0.887. The van der Waals surface area contributed by atoms with Gasteiger partial charge in [-0.1, -0.05) is 58.0 Å². The van der Waals surface area contributed by atoms with E-state index in [1.165, 1.54) is 11.8 Å². The van der Waals surface area contributed by atoms with Crippen LogP contribution in [0, 0.1) is 5.41 Å². The van der Waals surface area contributed by atoms with E-state index in [2.05, 4.69) is 6.92 Å². The van der Waals surface area contributed by atoms with Gasteiger partial charge in [0.05, 0.1) is 6.10 Å². The number of ether oxygens (including phenoxy) is 1. The maximum atomic E-state index is 12.0. The Morgan fingerprint density at radius 2 is 2.17 bits per heavy atom. The normalized spacial score (nSPS) is 30.8. The van der Waals surface area contributed by atoms with E-state index in [4.69, 9.17) is 4.74 Å². The second kappa shape index (κ2) is 5.66. The van der Waals surface area contributed by atoms with Crippen LogP contribution in [0.2, 0.25) is 0 Å². The Morgan fingerprint density at radius 1 is 1.56 bits per heavy atom. The summed E-state index contributed by atoms with van der Waals surface area (Å²) in [7, 11) is 0. The molecule has 1 fully saturated rings. The number of esters is 1. The fourth-order valence-electron chi connectivity index (χ4n) is 1.63. The highest BCUT2D eigenvalue weighted by Crippen LogP contribution is 2.47. The molecule has 1 rings (SSSR count). The summed E-state index contributed by atoms with van der Waals surface area (Å²) in [5, 5.41) is 10.2. The predicted octanol–water partition coefficient (Wildman–Crippen LogP) is 3.12. The first-order valence-electron chi connectivity index (χ1n) is 6.45. The molecule has 3 atom stereocenters. The number of carbonyl (C=O) groups is 1. The number of allylic oxidation sites excluding steroid dienone is 1. The van der Waals surface area contributed by atoms with Gasteiger partial charge in [0, 0.05) is 5.41 Å². The van der Waals surface area contributed by atoms with Crippen LogP contribution in [-0.2, 0) is 9.53 Å². The van der Waals surface area contributed by atoms with Gasteiger partial charge in [-0.05, 0) is 13.3 Å². The molecule has 1 saturated heterocycles. The van der Waals surface area contributed by atoms with Gasteiger partial charge in [-0.15, -0.1) is 0 Å². The first kappa shape index (κ1) is 15.6. The lowest BCUT2D eigenvalue weighted by Crippen LogP contribution is -2.39. The zero-order chi connectivity index (χ0) is 14.0. The van der Waals surface area contributed by atoms with Crippen LogP contribution in [0.5, 0.6) is 0 Å². The number of hydrogen-bond donors (Lipinski definition) is 1. The molecule has 1 N–H and O–H groups in total. The predicted molar refractivity (Wildman–Crippen MR) is 75.4 cm³/mol. The van der Waals surface area contributed by atoms with E-state index in [0.29, 0.717) is 0 Å². The third-order valence-electron chi connectivity index (χ3n) is 3.02. The molecule has 0 radical (unpaired) electrons. The molecule has 0 bridgehead atoms. The Hall–Kier alpha value is -0.480. The van der Waals surface area contributed by atoms with Crippen molar-refractivity contribution in [1.82, 2.24) is 0 Å². The molecular weight excluding hydrogens is 248 g/mol. The largest absolute Gasteiger partial charge is 0.450 e. The third-order valence-corrected chi connectivity index (χ3v) is 4.93. The summed E-state index contributed by atoms with van der Waals surface area (Å²) in [5.74, 6) is -0.318. The molecule has 0 spiro atoms. The van der Waals surface area contributed by atoms with Gasteiger partial charge in [0.1, 0.15) is 4.75 Å². The van der Waals surface area contributed by atoms with E-state index < -0.39 is 10.9 Å². The molecule has 4 heteroatoms. The van der Waals surface area contributed by atoms with E-state index in [0.717, 1.165) is 12.8 Å². The quantitative estimate of drug-likeness (QED) is 0.631. The molecule has 1 aliphatic heterocycles. The number of aliphatic hydroxyl groups excluding tert-OH is 1. The summed E-state index contributed by atoms with van der Waals surface area (Å²) in [5.41, 5.74) is -0.325. The maximum Gasteiger partial charge on any atom is 0.326 e. The van der Waals surface area contributed by atoms with Gasteiger partial charge in [0.15, 0.2) is 5.44 Å². The fourth-order valence-corrected chi connectivity index (χ4v) is 2.92. The smallest absolute Gasteiger partial charge is 0.326 e. The second-order valence-corrected chi connectivity index (χ2v) is 7.50. The average Bonchev–Trinajstić information content (AvgIpc) is 2.56. The van der Waals surface area contributed by atoms with E-state index in [1.807, 2.05) is 26.8 Å². The number of cyclic esters (lactones) is 1. The van der Waals surface area contributed by atoms with Crippen molar-refractivity contribution in [2.24, 2.45) is 5.41 Å². The summed E-state index contributed by atoms with van der Waals surface area (Å²) in [6.07, 6.45) is 4.78. The number of carbonyl (C=O) groups excluding carboxylic acids is 1. The Bertz CT molecular complexity index is 332. The molecule has 0 aromatic rings. The Morgan fingerprint density at radius 3 is 2.61 bits per heavy atom. The maximum absolute atomic E-state index is 12.0. The molecule has 3 nitrogen and oxygen atoms in total. The highest BCUT2D eigenvalue weighted by Gasteiger charge is 2.53. The van der Waals surface area contributed by atoms with Crippen LogP contribution in [0.4, 0.5) is 0 Å². The highest BCUT2D eigenvalue weighted by atomic mass is 32.2. The van der Waals surface area contributed by atoms with Crippen LogP contribution in [0.15, 0.2) is 12.2 Å². The van der Waals surface area contributed by atoms with Gasteiger partial charge in [0.2, 0.25) is 0 Å². The first-order chi connectivity index (χ1) is 8.21. The van der Waals surface area contributed by atoms with Crippen molar-refractivity contribution in [2.45, 2.75) is 63.7 Å². The van der Waals surface area contributed by atoms with Crippen molar-refractivity contribution in [1.29, 1.82) is 0 Å². The number of thioether (sulfide) groups is 1. The molecule has 104 valence electrons. The molecule has 0 aromatic heterocycles. The standard InChI is InChI=1S/C14H24O3S/c1-6-7-8-9-10(15)14(5)11(16)17-12(18-14)13(2,3)4/h8-10,12,15H,6-7H2,1-5H3/t10?,12-,14-/m1/s1. The van der Waals surface area contributed by atoms with Crippen molar-refractivity contribution < 1.29 is 14.6 Å². The Balaban J connectivity index is 2.78. The molecule has 0 aliphatic carbocycles. The zero-order valence-corrected chi connectivity index (χ0v) is 12.7. The van der Waals surface area contributed by atoms with Crippen molar-refractivity contribution in [2.75, 3.05) is 0 Å². The third kappa shape index (κ3) is 3.29. The SMILES string of the molecule is CCCC=CC(O)[C@@]1(C)S[C@H](C(C)(C)C)OC1=O. The van der Waals surface area contributed by atoms with Crippen molar-refractivity contribution >= 4 is 17.7 Å². The summed E-state index contributed by atoms with van der Waals surface area (Å²) < 4.78 is 4.51. The lowest BCUT2D eigenvalue weighted by atomic mass is 9.98. The minimum Gasteiger partial charge on any atom is -0.450 e. The molecule has 18 heavy (non-hydrogen) atoms. The van der Waals surface area contributed by atoms with Gasteiger partial charge >= 0.3 is 5.97 Å². The minimum absolute atomic E-state index is 0.120. The van der Waals surface area contributed by atoms with Gasteiger partial charge in [0.25, 0.3) is 0 Å². The first-order valence-corrected chi connectivity index (χ1v) is 7.33. The van der Waals surface area contributed by atoms with Crippen LogP contribution in [0.25, 0.3) is 0 Å².